The van der Waals surface area contributed by atoms with E-state index in [-0.39, 0.29) is 24.3 Å². The van der Waals surface area contributed by atoms with Gasteiger partial charge in [0, 0.05) is 5.56 Å². The topological polar surface area (TPSA) is 88.4 Å². The van der Waals surface area contributed by atoms with E-state index >= 15 is 0 Å². The number of rotatable bonds is 9. The molecule has 4 aromatic rings. The van der Waals surface area contributed by atoms with Gasteiger partial charge in [0.15, 0.2) is 16.3 Å². The summed E-state index contributed by atoms with van der Waals surface area (Å²) in [6.45, 7) is 3.90. The van der Waals surface area contributed by atoms with Crippen LogP contribution in [0.3, 0.4) is 0 Å². The van der Waals surface area contributed by atoms with Crippen molar-refractivity contribution < 1.29 is 23.7 Å². The summed E-state index contributed by atoms with van der Waals surface area (Å²) in [5.74, 6) is 1.03. The molecule has 11 heteroatoms. The van der Waals surface area contributed by atoms with E-state index in [9.17, 15) is 9.59 Å². The fourth-order valence-corrected chi connectivity index (χ4v) is 6.15. The highest BCUT2D eigenvalue weighted by atomic mass is 35.5. The van der Waals surface area contributed by atoms with Gasteiger partial charge in [-0.15, -0.1) is 0 Å². The fourth-order valence-electron chi connectivity index (χ4n) is 4.79. The lowest BCUT2D eigenvalue weighted by atomic mass is 9.95. The van der Waals surface area contributed by atoms with E-state index in [0.29, 0.717) is 53.5 Å². The van der Waals surface area contributed by atoms with E-state index in [1.54, 1.807) is 57.4 Å². The zero-order chi connectivity index (χ0) is 30.7. The smallest absolute Gasteiger partial charge is 0.338 e. The Labute approximate surface area is 262 Å². The number of halogens is 2. The molecule has 0 saturated heterocycles. The van der Waals surface area contributed by atoms with E-state index in [4.69, 9.17) is 42.1 Å². The van der Waals surface area contributed by atoms with Crippen molar-refractivity contribution in [2.45, 2.75) is 26.5 Å². The van der Waals surface area contributed by atoms with E-state index in [0.717, 1.165) is 5.56 Å². The predicted octanol–water partition coefficient (Wildman–Crippen LogP) is 5.70. The van der Waals surface area contributed by atoms with Gasteiger partial charge >= 0.3 is 5.97 Å². The van der Waals surface area contributed by atoms with Gasteiger partial charge in [-0.2, -0.15) is 0 Å². The maximum absolute atomic E-state index is 14.1. The molecule has 2 heterocycles. The summed E-state index contributed by atoms with van der Waals surface area (Å²) in [5.41, 5.74) is 2.64. The fraction of sp³-hybridized carbons (Fsp3) is 0.219. The number of aromatic nitrogens is 1. The lowest BCUT2D eigenvalue weighted by molar-refractivity contribution is -0.139. The third-order valence-corrected chi connectivity index (χ3v) is 8.55. The minimum atomic E-state index is -0.793. The molecule has 0 bridgehead atoms. The van der Waals surface area contributed by atoms with E-state index in [1.807, 2.05) is 30.3 Å². The second kappa shape index (κ2) is 13.1. The van der Waals surface area contributed by atoms with E-state index in [2.05, 4.69) is 4.99 Å². The number of nitrogens with zero attached hydrogens (tertiary/aromatic N) is 2. The van der Waals surface area contributed by atoms with Gasteiger partial charge in [0.2, 0.25) is 0 Å². The highest BCUT2D eigenvalue weighted by molar-refractivity contribution is 7.07. The summed E-state index contributed by atoms with van der Waals surface area (Å²) in [6.07, 6.45) is 1.77. The van der Waals surface area contributed by atoms with Crippen LogP contribution in [-0.4, -0.2) is 31.4 Å². The molecule has 1 aromatic heterocycles. The summed E-state index contributed by atoms with van der Waals surface area (Å²) in [6, 6.07) is 17.2. The summed E-state index contributed by atoms with van der Waals surface area (Å²) < 4.78 is 24.4. The molecule has 0 aliphatic carbocycles. The number of thiazole rings is 1. The van der Waals surface area contributed by atoms with Crippen LogP contribution in [0.5, 0.6) is 17.2 Å². The third-order valence-electron chi connectivity index (χ3n) is 6.82. The monoisotopic (exact) mass is 638 g/mol. The number of fused-ring (bicyclic) bond motifs is 1. The second-order valence-electron chi connectivity index (χ2n) is 9.49. The van der Waals surface area contributed by atoms with Gasteiger partial charge in [-0.1, -0.05) is 64.9 Å². The highest BCUT2D eigenvalue weighted by Gasteiger charge is 2.34. The maximum Gasteiger partial charge on any atom is 0.338 e. The van der Waals surface area contributed by atoms with Gasteiger partial charge in [0.05, 0.1) is 52.7 Å². The molecule has 43 heavy (non-hydrogen) atoms. The predicted molar refractivity (Wildman–Crippen MR) is 167 cm³/mol. The number of benzene rings is 3. The van der Waals surface area contributed by atoms with Crippen molar-refractivity contribution in [3.05, 3.63) is 118 Å². The molecule has 222 valence electrons. The molecule has 0 unspecified atom stereocenters. The van der Waals surface area contributed by atoms with Crippen molar-refractivity contribution in [2.75, 3.05) is 20.8 Å². The number of ether oxygens (including phenoxy) is 4. The van der Waals surface area contributed by atoms with Crippen LogP contribution in [0.4, 0.5) is 0 Å². The standard InChI is InChI=1S/C32H28Cl2N2O6S/c1-5-41-31(38)28-18(2)35-32-36(29(28)21-11-13-25(39-3)26(15-21)40-4)30(37)27(43-32)16-20-8-6-7-9-24(20)42-17-19-10-12-22(33)23(34)14-19/h6-16,29H,5,17H2,1-4H3/b27-16-/t29-/m0/s1. The molecule has 3 aromatic carbocycles. The first-order valence-corrected chi connectivity index (χ1v) is 14.9. The number of allylic oxidation sites excluding steroid dienone is 1. The number of esters is 1. The molecule has 0 spiro atoms. The van der Waals surface area contributed by atoms with Crippen LogP contribution < -0.4 is 29.1 Å². The SMILES string of the molecule is CCOC(=O)C1=C(C)N=c2s/c(=C\c3ccccc3OCc3ccc(Cl)c(Cl)c3)c(=O)n2[C@H]1c1ccc(OC)c(OC)c1. The van der Waals surface area contributed by atoms with Crippen LogP contribution in [-0.2, 0) is 16.1 Å². The molecule has 0 amide bonds. The number of methoxy groups -OCH3 is 2. The second-order valence-corrected chi connectivity index (χ2v) is 11.3. The van der Waals surface area contributed by atoms with Crippen molar-refractivity contribution >= 4 is 46.6 Å². The molecule has 1 aliphatic heterocycles. The lowest BCUT2D eigenvalue weighted by Crippen LogP contribution is -2.40. The molecule has 0 saturated carbocycles. The number of carbonyl (C=O) groups is 1. The van der Waals surface area contributed by atoms with Crippen LogP contribution in [0.25, 0.3) is 6.08 Å². The summed E-state index contributed by atoms with van der Waals surface area (Å²) in [7, 11) is 3.07. The van der Waals surface area contributed by atoms with Gasteiger partial charge < -0.3 is 18.9 Å². The molecule has 1 aliphatic rings. The minimum Gasteiger partial charge on any atom is -0.493 e. The average molecular weight is 640 g/mol. The minimum absolute atomic E-state index is 0.178. The zero-order valence-electron chi connectivity index (χ0n) is 23.9. The molecular formula is C32H28Cl2N2O6S. The molecule has 0 fully saturated rings. The van der Waals surface area contributed by atoms with Gasteiger partial charge in [-0.25, -0.2) is 9.79 Å². The molecule has 0 N–H and O–H groups in total. The molecule has 1 atom stereocenters. The van der Waals surface area contributed by atoms with Crippen molar-refractivity contribution in [3.8, 4) is 17.2 Å². The molecular weight excluding hydrogens is 611 g/mol. The Morgan fingerprint density at radius 2 is 1.77 bits per heavy atom. The first-order chi connectivity index (χ1) is 20.7. The Balaban J connectivity index is 1.61. The van der Waals surface area contributed by atoms with Crippen LogP contribution >= 0.6 is 34.5 Å². The van der Waals surface area contributed by atoms with E-state index in [1.165, 1.54) is 23.0 Å². The summed E-state index contributed by atoms with van der Waals surface area (Å²) in [4.78, 5) is 32.4. The first kappa shape index (κ1) is 30.4. The van der Waals surface area contributed by atoms with E-state index < -0.39 is 12.0 Å². The number of para-hydroxylation sites is 1. The largest absolute Gasteiger partial charge is 0.493 e. The Kier molecular flexibility index (Phi) is 9.25. The van der Waals surface area contributed by atoms with Crippen molar-refractivity contribution in [1.82, 2.24) is 4.57 Å². The van der Waals surface area contributed by atoms with Crippen molar-refractivity contribution in [1.29, 1.82) is 0 Å². The van der Waals surface area contributed by atoms with Gasteiger partial charge in [0.1, 0.15) is 12.4 Å². The van der Waals surface area contributed by atoms with Gasteiger partial charge in [-0.05, 0) is 61.4 Å². The zero-order valence-corrected chi connectivity index (χ0v) is 26.2. The maximum atomic E-state index is 14.1. The number of carbonyl (C=O) groups excluding carboxylic acids is 1. The number of hydrogen-bond acceptors (Lipinski definition) is 8. The van der Waals surface area contributed by atoms with Crippen molar-refractivity contribution in [2.24, 2.45) is 4.99 Å². The third kappa shape index (κ3) is 6.20. The van der Waals surface area contributed by atoms with Crippen LogP contribution in [0.2, 0.25) is 10.0 Å². The lowest BCUT2D eigenvalue weighted by Gasteiger charge is -2.25. The molecule has 5 rings (SSSR count). The van der Waals surface area contributed by atoms with Crippen LogP contribution in [0.15, 0.2) is 81.7 Å². The quantitative estimate of drug-likeness (QED) is 0.219. The highest BCUT2D eigenvalue weighted by Crippen LogP contribution is 2.36. The number of hydrogen-bond donors (Lipinski definition) is 0. The Morgan fingerprint density at radius 3 is 2.49 bits per heavy atom. The Hall–Kier alpha value is -4.05. The molecule has 0 radical (unpaired) electrons. The van der Waals surface area contributed by atoms with Gasteiger partial charge in [0.25, 0.3) is 5.56 Å². The first-order valence-electron chi connectivity index (χ1n) is 13.3. The normalized spacial score (nSPS) is 14.7. The summed E-state index contributed by atoms with van der Waals surface area (Å²) in [5, 5.41) is 0.910. The Bertz CT molecular complexity index is 1910. The van der Waals surface area contributed by atoms with Gasteiger partial charge in [-0.3, -0.25) is 9.36 Å². The summed E-state index contributed by atoms with van der Waals surface area (Å²) >= 11 is 13.4. The Morgan fingerprint density at radius 1 is 1.00 bits per heavy atom. The van der Waals surface area contributed by atoms with Crippen molar-refractivity contribution in [3.63, 3.8) is 0 Å². The van der Waals surface area contributed by atoms with Crippen LogP contribution in [0.1, 0.15) is 36.6 Å². The average Bonchev–Trinajstić information content (AvgIpc) is 3.31. The molecule has 8 nitrogen and oxygen atoms in total. The van der Waals surface area contributed by atoms with Crippen LogP contribution in [0, 0.1) is 0 Å².